The topological polar surface area (TPSA) is 40.6 Å². The molecule has 0 radical (unpaired) electrons. The molecular formula is C23H17FN2O2S. The van der Waals surface area contributed by atoms with Gasteiger partial charge < -0.3 is 4.90 Å². The summed E-state index contributed by atoms with van der Waals surface area (Å²) in [6.45, 7) is 0.243. The monoisotopic (exact) mass is 404 g/mol. The molecule has 0 saturated carbocycles. The first kappa shape index (κ1) is 17.9. The van der Waals surface area contributed by atoms with Crippen LogP contribution in [-0.2, 0) is 21.0 Å². The van der Waals surface area contributed by atoms with Crippen molar-refractivity contribution in [3.05, 3.63) is 95.8 Å². The van der Waals surface area contributed by atoms with E-state index >= 15 is 0 Å². The Morgan fingerprint density at radius 3 is 2.48 bits per heavy atom. The van der Waals surface area contributed by atoms with E-state index < -0.39 is 4.87 Å². The summed E-state index contributed by atoms with van der Waals surface area (Å²) in [5.74, 6) is -0.393. The van der Waals surface area contributed by atoms with Crippen molar-refractivity contribution in [1.82, 2.24) is 0 Å². The SMILES string of the molecule is O=C1CS[C@@]2(C(=O)N(Cc3cccc(F)c3)c3ccccc32)N1c1ccccc1. The van der Waals surface area contributed by atoms with Gasteiger partial charge >= 0.3 is 0 Å². The van der Waals surface area contributed by atoms with E-state index in [0.29, 0.717) is 11.3 Å². The van der Waals surface area contributed by atoms with E-state index in [1.165, 1.54) is 23.9 Å². The van der Waals surface area contributed by atoms with Crippen LogP contribution in [0.15, 0.2) is 78.9 Å². The fourth-order valence-corrected chi connectivity index (χ4v) is 5.47. The number of nitrogens with zero attached hydrogens (tertiary/aromatic N) is 2. The van der Waals surface area contributed by atoms with Crippen LogP contribution in [0.3, 0.4) is 0 Å². The number of rotatable bonds is 3. The Kier molecular flexibility index (Phi) is 4.17. The second-order valence-corrected chi connectivity index (χ2v) is 8.20. The Morgan fingerprint density at radius 2 is 1.69 bits per heavy atom. The van der Waals surface area contributed by atoms with E-state index in [1.54, 1.807) is 21.9 Å². The van der Waals surface area contributed by atoms with Gasteiger partial charge in [-0.25, -0.2) is 4.39 Å². The molecule has 2 aliphatic heterocycles. The molecule has 6 heteroatoms. The van der Waals surface area contributed by atoms with Gasteiger partial charge in [0.05, 0.1) is 18.0 Å². The van der Waals surface area contributed by atoms with Crippen molar-refractivity contribution in [3.8, 4) is 0 Å². The van der Waals surface area contributed by atoms with Crippen molar-refractivity contribution in [2.45, 2.75) is 11.4 Å². The van der Waals surface area contributed by atoms with Gasteiger partial charge in [0.2, 0.25) is 10.8 Å². The van der Waals surface area contributed by atoms with Crippen LogP contribution in [-0.4, -0.2) is 17.6 Å². The molecule has 3 aromatic carbocycles. The lowest BCUT2D eigenvalue weighted by Crippen LogP contribution is -2.49. The molecule has 0 aliphatic carbocycles. The van der Waals surface area contributed by atoms with E-state index in [4.69, 9.17) is 0 Å². The van der Waals surface area contributed by atoms with Gasteiger partial charge in [-0.05, 0) is 35.9 Å². The van der Waals surface area contributed by atoms with Gasteiger partial charge in [-0.3, -0.25) is 14.5 Å². The van der Waals surface area contributed by atoms with Crippen molar-refractivity contribution >= 4 is 35.0 Å². The van der Waals surface area contributed by atoms with E-state index in [1.807, 2.05) is 54.6 Å². The zero-order valence-corrected chi connectivity index (χ0v) is 16.2. The van der Waals surface area contributed by atoms with Crippen molar-refractivity contribution in [2.24, 2.45) is 0 Å². The molecule has 1 atom stereocenters. The molecule has 1 saturated heterocycles. The maximum absolute atomic E-state index is 13.8. The lowest BCUT2D eigenvalue weighted by Gasteiger charge is -2.33. The highest BCUT2D eigenvalue weighted by atomic mass is 32.2. The van der Waals surface area contributed by atoms with Crippen LogP contribution in [0.25, 0.3) is 0 Å². The molecule has 144 valence electrons. The number of carbonyl (C=O) groups is 2. The molecule has 2 heterocycles. The molecule has 4 nitrogen and oxygen atoms in total. The highest BCUT2D eigenvalue weighted by Gasteiger charge is 2.60. The summed E-state index contributed by atoms with van der Waals surface area (Å²) in [4.78, 5) is 28.8. The fraction of sp³-hybridized carbons (Fsp3) is 0.130. The van der Waals surface area contributed by atoms with Crippen LogP contribution in [0.4, 0.5) is 15.8 Å². The number of halogens is 1. The number of benzene rings is 3. The van der Waals surface area contributed by atoms with Crippen LogP contribution in [0.1, 0.15) is 11.1 Å². The van der Waals surface area contributed by atoms with Gasteiger partial charge in [0.25, 0.3) is 5.91 Å². The third-order valence-electron chi connectivity index (χ3n) is 5.31. The summed E-state index contributed by atoms with van der Waals surface area (Å²) in [5.41, 5.74) is 2.94. The van der Waals surface area contributed by atoms with Crippen LogP contribution < -0.4 is 9.80 Å². The molecule has 1 spiro atoms. The summed E-state index contributed by atoms with van der Waals surface area (Å²) < 4.78 is 13.7. The lowest BCUT2D eigenvalue weighted by atomic mass is 10.0. The third kappa shape index (κ3) is 2.67. The molecular weight excluding hydrogens is 387 g/mol. The third-order valence-corrected chi connectivity index (χ3v) is 6.69. The maximum atomic E-state index is 13.8. The first-order chi connectivity index (χ1) is 14.1. The van der Waals surface area contributed by atoms with Crippen LogP contribution in [0.2, 0.25) is 0 Å². The standard InChI is InChI=1S/C23H17FN2O2S/c24-17-8-6-7-16(13-17)14-25-20-12-5-4-11-19(20)23(22(25)28)26(21(27)15-29-23)18-9-2-1-3-10-18/h1-13H,14-15H2/t23-/m0/s1. The van der Waals surface area contributed by atoms with Crippen LogP contribution >= 0.6 is 11.8 Å². The molecule has 1 fully saturated rings. The first-order valence-corrected chi connectivity index (χ1v) is 10.3. The predicted molar refractivity (Wildman–Crippen MR) is 112 cm³/mol. The van der Waals surface area contributed by atoms with Crippen LogP contribution in [0, 0.1) is 5.82 Å². The van der Waals surface area contributed by atoms with Gasteiger partial charge in [0, 0.05) is 11.3 Å². The Bertz CT molecular complexity index is 1120. The van der Waals surface area contributed by atoms with E-state index in [-0.39, 0.29) is 29.9 Å². The van der Waals surface area contributed by atoms with Gasteiger partial charge in [0.15, 0.2) is 0 Å². The molecule has 2 aliphatic rings. The second-order valence-electron chi connectivity index (χ2n) is 7.04. The second kappa shape index (κ2) is 6.74. The van der Waals surface area contributed by atoms with Crippen LogP contribution in [0.5, 0.6) is 0 Å². The average Bonchev–Trinajstić information content (AvgIpc) is 3.20. The number of para-hydroxylation sites is 2. The van der Waals surface area contributed by atoms with Gasteiger partial charge in [-0.1, -0.05) is 48.5 Å². The first-order valence-electron chi connectivity index (χ1n) is 9.29. The Balaban J connectivity index is 1.64. The van der Waals surface area contributed by atoms with Gasteiger partial charge in [-0.15, -0.1) is 11.8 Å². The molecule has 3 aromatic rings. The summed E-state index contributed by atoms with van der Waals surface area (Å²) in [7, 11) is 0. The summed E-state index contributed by atoms with van der Waals surface area (Å²) in [5, 5.41) is 0. The molecule has 0 bridgehead atoms. The van der Waals surface area contributed by atoms with E-state index in [2.05, 4.69) is 0 Å². The van der Waals surface area contributed by atoms with Gasteiger partial charge in [-0.2, -0.15) is 0 Å². The van der Waals surface area contributed by atoms with Crippen molar-refractivity contribution < 1.29 is 14.0 Å². The molecule has 0 unspecified atom stereocenters. The van der Waals surface area contributed by atoms with Crippen molar-refractivity contribution in [3.63, 3.8) is 0 Å². The summed E-state index contributed by atoms with van der Waals surface area (Å²) in [6.07, 6.45) is 0. The minimum Gasteiger partial charge on any atom is -0.304 e. The normalized spacial score (nSPS) is 20.6. The van der Waals surface area contributed by atoms with E-state index in [0.717, 1.165) is 11.3 Å². The number of amides is 2. The molecule has 0 aromatic heterocycles. The minimum atomic E-state index is -1.14. The maximum Gasteiger partial charge on any atom is 0.269 e. The summed E-state index contributed by atoms with van der Waals surface area (Å²) in [6, 6.07) is 23.1. The zero-order chi connectivity index (χ0) is 20.0. The quantitative estimate of drug-likeness (QED) is 0.653. The molecule has 5 rings (SSSR count). The number of anilines is 2. The smallest absolute Gasteiger partial charge is 0.269 e. The summed E-state index contributed by atoms with van der Waals surface area (Å²) >= 11 is 1.34. The van der Waals surface area contributed by atoms with Gasteiger partial charge in [0.1, 0.15) is 5.82 Å². The number of carbonyl (C=O) groups excluding carboxylic acids is 2. The number of hydrogen-bond acceptors (Lipinski definition) is 3. The Hall–Kier alpha value is -3.12. The Labute approximate surface area is 171 Å². The average molecular weight is 404 g/mol. The highest BCUT2D eigenvalue weighted by Crippen LogP contribution is 2.55. The van der Waals surface area contributed by atoms with Crippen molar-refractivity contribution in [1.29, 1.82) is 0 Å². The van der Waals surface area contributed by atoms with E-state index in [9.17, 15) is 14.0 Å². The number of thioether (sulfide) groups is 1. The molecule has 2 amide bonds. The van der Waals surface area contributed by atoms with Crippen molar-refractivity contribution in [2.75, 3.05) is 15.6 Å². The Morgan fingerprint density at radius 1 is 0.931 bits per heavy atom. The molecule has 29 heavy (non-hydrogen) atoms. The minimum absolute atomic E-state index is 0.100. The highest BCUT2D eigenvalue weighted by molar-refractivity contribution is 8.02. The zero-order valence-electron chi connectivity index (χ0n) is 15.4. The fourth-order valence-electron chi connectivity index (χ4n) is 4.11. The lowest BCUT2D eigenvalue weighted by molar-refractivity contribution is -0.123. The molecule has 0 N–H and O–H groups in total. The predicted octanol–water partition coefficient (Wildman–Crippen LogP) is 4.31. The largest absolute Gasteiger partial charge is 0.304 e. The number of hydrogen-bond donors (Lipinski definition) is 0. The number of fused-ring (bicyclic) bond motifs is 2.